The molecule has 2 aromatic carbocycles. The van der Waals surface area contributed by atoms with E-state index in [1.54, 1.807) is 0 Å². The van der Waals surface area contributed by atoms with E-state index in [2.05, 4.69) is 12.2 Å². The van der Waals surface area contributed by atoms with Gasteiger partial charge in [0, 0.05) is 13.1 Å². The Morgan fingerprint density at radius 2 is 1.62 bits per heavy atom. The lowest BCUT2D eigenvalue weighted by Gasteiger charge is -2.32. The van der Waals surface area contributed by atoms with Crippen molar-refractivity contribution in [3.05, 3.63) is 60.2 Å². The average Bonchev–Trinajstić information content (AvgIpc) is 2.76. The van der Waals surface area contributed by atoms with Crippen LogP contribution in [0.2, 0.25) is 0 Å². The number of nitrogens with one attached hydrogen (secondary N) is 1. The van der Waals surface area contributed by atoms with E-state index in [4.69, 9.17) is 9.47 Å². The fourth-order valence-corrected chi connectivity index (χ4v) is 3.34. The van der Waals surface area contributed by atoms with Crippen LogP contribution in [-0.2, 0) is 11.4 Å². The maximum atomic E-state index is 12.4. The van der Waals surface area contributed by atoms with E-state index >= 15 is 0 Å². The van der Waals surface area contributed by atoms with Gasteiger partial charge in [0.15, 0.2) is 6.61 Å². The molecular weight excluding hydrogens is 388 g/mol. The summed E-state index contributed by atoms with van der Waals surface area (Å²) in [5.74, 6) is 2.20. The number of carbonyl (C=O) groups is 1. The molecule has 6 heteroatoms. The molecule has 0 radical (unpaired) electrons. The molecule has 5 nitrogen and oxygen atoms in total. The summed E-state index contributed by atoms with van der Waals surface area (Å²) in [5, 5.41) is 3.39. The Kier molecular flexibility index (Phi) is 9.81. The van der Waals surface area contributed by atoms with Crippen LogP contribution in [0.25, 0.3) is 0 Å². The number of nitrogens with zero attached hydrogens (tertiary/aromatic N) is 1. The number of amides is 1. The van der Waals surface area contributed by atoms with E-state index in [1.807, 2.05) is 59.5 Å². The molecule has 158 valence electrons. The first-order chi connectivity index (χ1) is 13.7. The SMILES string of the molecule is CCNCC1CCN(C(=O)COc2ccc(OCc3ccccc3)cc2)CC1.Cl. The zero-order chi connectivity index (χ0) is 19.6. The van der Waals surface area contributed by atoms with Crippen LogP contribution in [-0.4, -0.2) is 43.6 Å². The first-order valence-corrected chi connectivity index (χ1v) is 10.1. The third kappa shape index (κ3) is 7.59. The third-order valence-corrected chi connectivity index (χ3v) is 5.08. The van der Waals surface area contributed by atoms with Crippen molar-refractivity contribution in [3.63, 3.8) is 0 Å². The molecular formula is C23H31ClN2O3. The minimum atomic E-state index is 0. The van der Waals surface area contributed by atoms with E-state index < -0.39 is 0 Å². The van der Waals surface area contributed by atoms with Gasteiger partial charge in [-0.15, -0.1) is 12.4 Å². The van der Waals surface area contributed by atoms with Gasteiger partial charge in [0.05, 0.1) is 0 Å². The Morgan fingerprint density at radius 3 is 2.24 bits per heavy atom. The Hall–Kier alpha value is -2.24. The topological polar surface area (TPSA) is 50.8 Å². The number of rotatable bonds is 9. The molecule has 1 heterocycles. The first kappa shape index (κ1) is 23.0. The van der Waals surface area contributed by atoms with E-state index in [9.17, 15) is 4.79 Å². The van der Waals surface area contributed by atoms with Crippen LogP contribution in [0.15, 0.2) is 54.6 Å². The maximum Gasteiger partial charge on any atom is 0.260 e. The highest BCUT2D eigenvalue weighted by molar-refractivity contribution is 5.85. The highest BCUT2D eigenvalue weighted by Crippen LogP contribution is 2.20. The van der Waals surface area contributed by atoms with Gasteiger partial charge < -0.3 is 19.7 Å². The molecule has 3 rings (SSSR count). The second-order valence-electron chi connectivity index (χ2n) is 7.17. The smallest absolute Gasteiger partial charge is 0.260 e. The molecule has 1 amide bonds. The first-order valence-electron chi connectivity index (χ1n) is 10.1. The fraction of sp³-hybridized carbons (Fsp3) is 0.435. The van der Waals surface area contributed by atoms with Gasteiger partial charge in [0.1, 0.15) is 18.1 Å². The number of carbonyl (C=O) groups excluding carboxylic acids is 1. The van der Waals surface area contributed by atoms with Crippen LogP contribution in [0.3, 0.4) is 0 Å². The van der Waals surface area contributed by atoms with Crippen molar-refractivity contribution in [2.75, 3.05) is 32.8 Å². The summed E-state index contributed by atoms with van der Waals surface area (Å²) in [5.41, 5.74) is 1.13. The molecule has 0 saturated carbocycles. The number of hydrogen-bond donors (Lipinski definition) is 1. The molecule has 1 fully saturated rings. The lowest BCUT2D eigenvalue weighted by Crippen LogP contribution is -2.42. The van der Waals surface area contributed by atoms with E-state index in [0.29, 0.717) is 18.3 Å². The summed E-state index contributed by atoms with van der Waals surface area (Å²) in [6.45, 7) is 6.44. The maximum absolute atomic E-state index is 12.4. The number of likely N-dealkylation sites (tertiary alicyclic amines) is 1. The molecule has 0 bridgehead atoms. The van der Waals surface area contributed by atoms with E-state index in [1.165, 1.54) is 0 Å². The van der Waals surface area contributed by atoms with Gasteiger partial charge in [-0.3, -0.25) is 4.79 Å². The molecule has 1 saturated heterocycles. The van der Waals surface area contributed by atoms with E-state index in [-0.39, 0.29) is 24.9 Å². The van der Waals surface area contributed by atoms with Crippen LogP contribution in [0.5, 0.6) is 11.5 Å². The average molecular weight is 419 g/mol. The second kappa shape index (κ2) is 12.3. The summed E-state index contributed by atoms with van der Waals surface area (Å²) in [7, 11) is 0. The summed E-state index contributed by atoms with van der Waals surface area (Å²) >= 11 is 0. The van der Waals surface area contributed by atoms with Gasteiger partial charge in [-0.25, -0.2) is 0 Å². The zero-order valence-corrected chi connectivity index (χ0v) is 17.8. The lowest BCUT2D eigenvalue weighted by atomic mass is 9.97. The van der Waals surface area contributed by atoms with Crippen LogP contribution >= 0.6 is 12.4 Å². The lowest BCUT2D eigenvalue weighted by molar-refractivity contribution is -0.134. The molecule has 1 aliphatic heterocycles. The Morgan fingerprint density at radius 1 is 1.00 bits per heavy atom. The largest absolute Gasteiger partial charge is 0.489 e. The Labute approximate surface area is 179 Å². The van der Waals surface area contributed by atoms with Crippen molar-refractivity contribution < 1.29 is 14.3 Å². The van der Waals surface area contributed by atoms with Crippen LogP contribution in [0, 0.1) is 5.92 Å². The molecule has 1 aliphatic rings. The van der Waals surface area contributed by atoms with Crippen molar-refractivity contribution in [2.24, 2.45) is 5.92 Å². The summed E-state index contributed by atoms with van der Waals surface area (Å²) in [4.78, 5) is 14.3. The van der Waals surface area contributed by atoms with Crippen LogP contribution < -0.4 is 14.8 Å². The van der Waals surface area contributed by atoms with Crippen molar-refractivity contribution in [1.29, 1.82) is 0 Å². The van der Waals surface area contributed by atoms with Crippen molar-refractivity contribution in [1.82, 2.24) is 10.2 Å². The fourth-order valence-electron chi connectivity index (χ4n) is 3.34. The van der Waals surface area contributed by atoms with Gasteiger partial charge >= 0.3 is 0 Å². The predicted molar refractivity (Wildman–Crippen MR) is 118 cm³/mol. The predicted octanol–water partition coefficient (Wildman–Crippen LogP) is 3.91. The molecule has 2 aromatic rings. The van der Waals surface area contributed by atoms with E-state index in [0.717, 1.165) is 50.3 Å². The van der Waals surface area contributed by atoms with Crippen LogP contribution in [0.1, 0.15) is 25.3 Å². The highest BCUT2D eigenvalue weighted by Gasteiger charge is 2.22. The van der Waals surface area contributed by atoms with Crippen LogP contribution in [0.4, 0.5) is 0 Å². The molecule has 0 aromatic heterocycles. The Balaban J connectivity index is 0.00000300. The highest BCUT2D eigenvalue weighted by atomic mass is 35.5. The minimum Gasteiger partial charge on any atom is -0.489 e. The standard InChI is InChI=1S/C23H30N2O3.ClH/c1-2-24-16-19-12-14-25(15-13-19)23(26)18-28-22-10-8-21(9-11-22)27-17-20-6-4-3-5-7-20;/h3-11,19,24H,2,12-18H2,1H3;1H. The molecule has 1 N–H and O–H groups in total. The van der Waals surface area contributed by atoms with Crippen molar-refractivity contribution >= 4 is 18.3 Å². The quantitative estimate of drug-likeness (QED) is 0.670. The molecule has 0 spiro atoms. The molecule has 29 heavy (non-hydrogen) atoms. The number of hydrogen-bond acceptors (Lipinski definition) is 4. The number of ether oxygens (including phenoxy) is 2. The minimum absolute atomic E-state index is 0. The van der Waals surface area contributed by atoms with Gasteiger partial charge in [-0.05, 0) is 61.7 Å². The van der Waals surface area contributed by atoms with Crippen molar-refractivity contribution in [3.8, 4) is 11.5 Å². The number of benzene rings is 2. The summed E-state index contributed by atoms with van der Waals surface area (Å²) in [6.07, 6.45) is 2.12. The van der Waals surface area contributed by atoms with Crippen molar-refractivity contribution in [2.45, 2.75) is 26.4 Å². The van der Waals surface area contributed by atoms with Gasteiger partial charge in [0.25, 0.3) is 5.91 Å². The summed E-state index contributed by atoms with van der Waals surface area (Å²) < 4.78 is 11.4. The Bertz CT molecular complexity index is 717. The van der Waals surface area contributed by atoms with Gasteiger partial charge in [-0.1, -0.05) is 37.3 Å². The number of halogens is 1. The monoisotopic (exact) mass is 418 g/mol. The van der Waals surface area contributed by atoms with Gasteiger partial charge in [-0.2, -0.15) is 0 Å². The molecule has 0 aliphatic carbocycles. The number of piperidine rings is 1. The second-order valence-corrected chi connectivity index (χ2v) is 7.17. The molecule has 0 atom stereocenters. The third-order valence-electron chi connectivity index (χ3n) is 5.08. The molecule has 0 unspecified atom stereocenters. The van der Waals surface area contributed by atoms with Gasteiger partial charge in [0.2, 0.25) is 0 Å². The normalized spacial score (nSPS) is 14.2. The summed E-state index contributed by atoms with van der Waals surface area (Å²) in [6, 6.07) is 17.5. The zero-order valence-electron chi connectivity index (χ0n) is 17.0.